The van der Waals surface area contributed by atoms with Gasteiger partial charge in [-0.25, -0.2) is 0 Å². The van der Waals surface area contributed by atoms with Gasteiger partial charge in [0.15, 0.2) is 0 Å². The topological polar surface area (TPSA) is 32.3 Å². The molecule has 0 saturated carbocycles. The van der Waals surface area contributed by atoms with Gasteiger partial charge in [0.25, 0.3) is 0 Å². The number of hydrogen-bond acceptors (Lipinski definition) is 3. The molecule has 1 unspecified atom stereocenters. The average Bonchev–Trinajstić information content (AvgIpc) is 2.33. The van der Waals surface area contributed by atoms with E-state index in [-0.39, 0.29) is 11.2 Å². The molecule has 3 nitrogen and oxygen atoms in total. The van der Waals surface area contributed by atoms with Crippen molar-refractivity contribution in [3.63, 3.8) is 0 Å². The van der Waals surface area contributed by atoms with E-state index in [0.717, 1.165) is 18.7 Å². The highest BCUT2D eigenvalue weighted by atomic mass is 32.2. The van der Waals surface area contributed by atoms with Crippen molar-refractivity contribution in [3.05, 3.63) is 23.8 Å². The first kappa shape index (κ1) is 12.5. The molecule has 0 aliphatic carbocycles. The number of rotatable bonds is 3. The van der Waals surface area contributed by atoms with Gasteiger partial charge in [0.05, 0.1) is 10.9 Å². The lowest BCUT2D eigenvalue weighted by Gasteiger charge is -2.29. The summed E-state index contributed by atoms with van der Waals surface area (Å²) in [5.41, 5.74) is 2.35. The SMILES string of the molecule is CNCCc1ccc2c(c1)SC(C)C(=O)N2C. The summed E-state index contributed by atoms with van der Waals surface area (Å²) < 4.78 is 0. The highest BCUT2D eigenvalue weighted by molar-refractivity contribution is 8.00. The summed E-state index contributed by atoms with van der Waals surface area (Å²) in [6.07, 6.45) is 1.02. The predicted octanol–water partition coefficient (Wildman–Crippen LogP) is 1.91. The van der Waals surface area contributed by atoms with Gasteiger partial charge in [0.1, 0.15) is 0 Å². The van der Waals surface area contributed by atoms with Crippen LogP contribution >= 0.6 is 11.8 Å². The zero-order valence-corrected chi connectivity index (χ0v) is 11.3. The van der Waals surface area contributed by atoms with Crippen molar-refractivity contribution < 1.29 is 4.79 Å². The Morgan fingerprint density at radius 1 is 1.47 bits per heavy atom. The fraction of sp³-hybridized carbons (Fsp3) is 0.462. The van der Waals surface area contributed by atoms with Crippen molar-refractivity contribution >= 4 is 23.4 Å². The summed E-state index contributed by atoms with van der Waals surface area (Å²) in [5, 5.41) is 3.17. The molecule has 4 heteroatoms. The van der Waals surface area contributed by atoms with E-state index in [2.05, 4.69) is 23.5 Å². The Morgan fingerprint density at radius 3 is 2.94 bits per heavy atom. The van der Waals surface area contributed by atoms with Crippen LogP contribution in [0.1, 0.15) is 12.5 Å². The van der Waals surface area contributed by atoms with E-state index in [4.69, 9.17) is 0 Å². The Morgan fingerprint density at radius 2 is 2.24 bits per heavy atom. The van der Waals surface area contributed by atoms with Crippen LogP contribution in [0.25, 0.3) is 0 Å². The van der Waals surface area contributed by atoms with Gasteiger partial charge in [0.2, 0.25) is 5.91 Å². The first-order valence-corrected chi connectivity index (χ1v) is 6.73. The summed E-state index contributed by atoms with van der Waals surface area (Å²) in [4.78, 5) is 14.8. The molecule has 1 heterocycles. The van der Waals surface area contributed by atoms with E-state index in [1.54, 1.807) is 16.7 Å². The Labute approximate surface area is 107 Å². The third-order valence-electron chi connectivity index (χ3n) is 3.03. The van der Waals surface area contributed by atoms with Crippen LogP contribution in [-0.4, -0.2) is 31.8 Å². The Kier molecular flexibility index (Phi) is 3.74. The fourth-order valence-electron chi connectivity index (χ4n) is 1.99. The van der Waals surface area contributed by atoms with Crippen molar-refractivity contribution in [2.75, 3.05) is 25.5 Å². The molecule has 0 fully saturated rings. The fourth-order valence-corrected chi connectivity index (χ4v) is 3.17. The standard InChI is InChI=1S/C13H18N2OS/c1-9-13(16)15(3)11-5-4-10(6-7-14-2)8-12(11)17-9/h4-5,8-9,14H,6-7H2,1-3H3. The maximum atomic E-state index is 11.8. The molecule has 1 N–H and O–H groups in total. The highest BCUT2D eigenvalue weighted by Gasteiger charge is 2.27. The van der Waals surface area contributed by atoms with Gasteiger partial charge in [-0.1, -0.05) is 6.07 Å². The van der Waals surface area contributed by atoms with E-state index in [1.807, 2.05) is 21.0 Å². The van der Waals surface area contributed by atoms with E-state index >= 15 is 0 Å². The number of nitrogens with one attached hydrogen (secondary N) is 1. The largest absolute Gasteiger partial charge is 0.319 e. The molecule has 1 amide bonds. The van der Waals surface area contributed by atoms with Gasteiger partial charge in [-0.15, -0.1) is 11.8 Å². The number of carbonyl (C=O) groups is 1. The van der Waals surface area contributed by atoms with E-state index in [0.29, 0.717) is 0 Å². The second-order valence-corrected chi connectivity index (χ2v) is 5.70. The van der Waals surface area contributed by atoms with Crippen molar-refractivity contribution in [2.45, 2.75) is 23.5 Å². The maximum Gasteiger partial charge on any atom is 0.239 e. The second-order valence-electron chi connectivity index (χ2n) is 4.31. The molecule has 1 aromatic carbocycles. The van der Waals surface area contributed by atoms with Gasteiger partial charge < -0.3 is 10.2 Å². The number of nitrogens with zero attached hydrogens (tertiary/aromatic N) is 1. The van der Waals surface area contributed by atoms with Gasteiger partial charge in [0, 0.05) is 11.9 Å². The van der Waals surface area contributed by atoms with Crippen LogP contribution in [0.3, 0.4) is 0 Å². The molecular weight excluding hydrogens is 232 g/mol. The van der Waals surface area contributed by atoms with Gasteiger partial charge in [-0.2, -0.15) is 0 Å². The van der Waals surface area contributed by atoms with Crippen LogP contribution < -0.4 is 10.2 Å². The highest BCUT2D eigenvalue weighted by Crippen LogP contribution is 2.38. The van der Waals surface area contributed by atoms with Crippen LogP contribution in [0.2, 0.25) is 0 Å². The second kappa shape index (κ2) is 5.10. The third-order valence-corrected chi connectivity index (χ3v) is 4.17. The quantitative estimate of drug-likeness (QED) is 0.889. The van der Waals surface area contributed by atoms with Gasteiger partial charge >= 0.3 is 0 Å². The van der Waals surface area contributed by atoms with Gasteiger partial charge in [-0.05, 0) is 44.6 Å². The first-order valence-electron chi connectivity index (χ1n) is 5.85. The van der Waals surface area contributed by atoms with Crippen LogP contribution in [0, 0.1) is 0 Å². The Hall–Kier alpha value is -1.00. The molecule has 1 aromatic rings. The van der Waals surface area contributed by atoms with E-state index < -0.39 is 0 Å². The minimum atomic E-state index is 0.0204. The molecule has 0 aromatic heterocycles. The molecule has 1 aliphatic heterocycles. The number of thioether (sulfide) groups is 1. The Balaban J connectivity index is 2.27. The van der Waals surface area contributed by atoms with Crippen molar-refractivity contribution in [2.24, 2.45) is 0 Å². The van der Waals surface area contributed by atoms with E-state index in [1.165, 1.54) is 10.5 Å². The molecule has 1 atom stereocenters. The lowest BCUT2D eigenvalue weighted by atomic mass is 10.1. The Bertz CT molecular complexity index is 433. The molecule has 0 radical (unpaired) electrons. The zero-order valence-electron chi connectivity index (χ0n) is 10.5. The number of amides is 1. The number of likely N-dealkylation sites (N-methyl/N-ethyl adjacent to an activating group) is 1. The van der Waals surface area contributed by atoms with Crippen molar-refractivity contribution in [1.82, 2.24) is 5.32 Å². The molecule has 0 spiro atoms. The van der Waals surface area contributed by atoms with Crippen LogP contribution in [-0.2, 0) is 11.2 Å². The molecule has 17 heavy (non-hydrogen) atoms. The number of anilines is 1. The van der Waals surface area contributed by atoms with Crippen LogP contribution in [0.5, 0.6) is 0 Å². The minimum absolute atomic E-state index is 0.0204. The zero-order chi connectivity index (χ0) is 12.4. The average molecular weight is 250 g/mol. The normalized spacial score (nSPS) is 19.4. The van der Waals surface area contributed by atoms with Crippen LogP contribution in [0.15, 0.2) is 23.1 Å². The van der Waals surface area contributed by atoms with Gasteiger partial charge in [-0.3, -0.25) is 4.79 Å². The number of carbonyl (C=O) groups excluding carboxylic acids is 1. The molecule has 0 bridgehead atoms. The predicted molar refractivity (Wildman–Crippen MR) is 72.8 cm³/mol. The molecule has 0 saturated heterocycles. The summed E-state index contributed by atoms with van der Waals surface area (Å²) in [6, 6.07) is 6.37. The number of hydrogen-bond donors (Lipinski definition) is 1. The summed E-state index contributed by atoms with van der Waals surface area (Å²) in [6.45, 7) is 2.94. The monoisotopic (exact) mass is 250 g/mol. The van der Waals surface area contributed by atoms with Crippen molar-refractivity contribution in [1.29, 1.82) is 0 Å². The summed E-state index contributed by atoms with van der Waals surface area (Å²) >= 11 is 1.66. The summed E-state index contributed by atoms with van der Waals surface area (Å²) in [5.74, 6) is 0.186. The third kappa shape index (κ3) is 2.48. The molecule has 92 valence electrons. The summed E-state index contributed by atoms with van der Waals surface area (Å²) in [7, 11) is 3.81. The molecule has 1 aliphatic rings. The molecular formula is C13H18N2OS. The number of benzene rings is 1. The van der Waals surface area contributed by atoms with E-state index in [9.17, 15) is 4.79 Å². The smallest absolute Gasteiger partial charge is 0.239 e. The van der Waals surface area contributed by atoms with Crippen LogP contribution in [0.4, 0.5) is 5.69 Å². The minimum Gasteiger partial charge on any atom is -0.319 e. The first-order chi connectivity index (χ1) is 8.13. The van der Waals surface area contributed by atoms with Crippen molar-refractivity contribution in [3.8, 4) is 0 Å². The molecule has 2 rings (SSSR count). The lowest BCUT2D eigenvalue weighted by Crippen LogP contribution is -2.36. The maximum absolute atomic E-state index is 11.8. The lowest BCUT2D eigenvalue weighted by molar-refractivity contribution is -0.117. The number of fused-ring (bicyclic) bond motifs is 1.